The first-order chi connectivity index (χ1) is 8.25. The lowest BCUT2D eigenvalue weighted by Gasteiger charge is -2.23. The minimum absolute atomic E-state index is 0.316. The molecule has 5 nitrogen and oxygen atoms in total. The van der Waals surface area contributed by atoms with Gasteiger partial charge in [-0.3, -0.25) is 4.79 Å². The molecule has 0 bridgehead atoms. The molecular formula is C12H22N2O3. The number of ether oxygens (including phenoxy) is 2. The minimum atomic E-state index is -0.331. The van der Waals surface area contributed by atoms with E-state index in [-0.39, 0.29) is 11.9 Å². The van der Waals surface area contributed by atoms with Gasteiger partial charge in [0.05, 0.1) is 6.61 Å². The highest BCUT2D eigenvalue weighted by Gasteiger charge is 2.27. The van der Waals surface area contributed by atoms with Crippen molar-refractivity contribution in [3.63, 3.8) is 0 Å². The fourth-order valence-electron chi connectivity index (χ4n) is 2.01. The fraction of sp³-hybridized carbons (Fsp3) is 0.917. The Labute approximate surface area is 102 Å². The fourth-order valence-corrected chi connectivity index (χ4v) is 2.01. The molecule has 98 valence electrons. The second kappa shape index (κ2) is 6.33. The Morgan fingerprint density at radius 1 is 1.35 bits per heavy atom. The molecule has 1 aliphatic heterocycles. The van der Waals surface area contributed by atoms with Crippen LogP contribution in [0, 0.1) is 5.92 Å². The lowest BCUT2D eigenvalue weighted by atomic mass is 10.0. The first-order valence-electron chi connectivity index (χ1n) is 6.46. The SMILES string of the molecule is NC(=O)C(COCC1CCOCC1)NC1CC1. The molecule has 0 spiro atoms. The van der Waals surface area contributed by atoms with E-state index in [1.54, 1.807) is 0 Å². The number of nitrogens with one attached hydrogen (secondary N) is 1. The van der Waals surface area contributed by atoms with E-state index in [0.717, 1.165) is 38.9 Å². The van der Waals surface area contributed by atoms with Crippen molar-refractivity contribution in [2.75, 3.05) is 26.4 Å². The average Bonchev–Trinajstić information content (AvgIpc) is 3.13. The van der Waals surface area contributed by atoms with Gasteiger partial charge < -0.3 is 20.5 Å². The van der Waals surface area contributed by atoms with E-state index in [9.17, 15) is 4.79 Å². The van der Waals surface area contributed by atoms with Crippen molar-refractivity contribution < 1.29 is 14.3 Å². The Kier molecular flexibility index (Phi) is 4.76. The van der Waals surface area contributed by atoms with Crippen molar-refractivity contribution in [1.29, 1.82) is 0 Å². The predicted molar refractivity (Wildman–Crippen MR) is 63.5 cm³/mol. The third-order valence-electron chi connectivity index (χ3n) is 3.34. The Balaban J connectivity index is 1.62. The molecule has 0 aromatic carbocycles. The van der Waals surface area contributed by atoms with Gasteiger partial charge in [0.1, 0.15) is 6.04 Å². The molecule has 5 heteroatoms. The normalized spacial score (nSPS) is 23.5. The molecule has 0 aromatic rings. The summed E-state index contributed by atoms with van der Waals surface area (Å²) in [5.41, 5.74) is 5.33. The third-order valence-corrected chi connectivity index (χ3v) is 3.34. The summed E-state index contributed by atoms with van der Waals surface area (Å²) in [6, 6.07) is 0.140. The highest BCUT2D eigenvalue weighted by Crippen LogP contribution is 2.19. The van der Waals surface area contributed by atoms with Crippen LogP contribution in [-0.4, -0.2) is 44.4 Å². The van der Waals surface area contributed by atoms with Gasteiger partial charge in [-0.1, -0.05) is 0 Å². The van der Waals surface area contributed by atoms with Gasteiger partial charge in [-0.2, -0.15) is 0 Å². The number of hydrogen-bond acceptors (Lipinski definition) is 4. The number of hydrogen-bond donors (Lipinski definition) is 2. The lowest BCUT2D eigenvalue weighted by Crippen LogP contribution is -2.46. The molecule has 0 radical (unpaired) electrons. The minimum Gasteiger partial charge on any atom is -0.381 e. The summed E-state index contributed by atoms with van der Waals surface area (Å²) < 4.78 is 10.9. The number of nitrogens with two attached hydrogens (primary N) is 1. The van der Waals surface area contributed by atoms with Crippen LogP contribution in [0.4, 0.5) is 0 Å². The Morgan fingerprint density at radius 3 is 2.65 bits per heavy atom. The van der Waals surface area contributed by atoms with E-state index in [4.69, 9.17) is 15.2 Å². The van der Waals surface area contributed by atoms with Crippen LogP contribution < -0.4 is 11.1 Å². The zero-order valence-corrected chi connectivity index (χ0v) is 10.2. The largest absolute Gasteiger partial charge is 0.381 e. The van der Waals surface area contributed by atoms with E-state index in [1.807, 2.05) is 0 Å². The molecule has 1 saturated carbocycles. The molecule has 1 aliphatic carbocycles. The van der Waals surface area contributed by atoms with Gasteiger partial charge >= 0.3 is 0 Å². The molecule has 0 aromatic heterocycles. The van der Waals surface area contributed by atoms with E-state index < -0.39 is 0 Å². The molecule has 1 saturated heterocycles. The molecule has 1 amide bonds. The first-order valence-corrected chi connectivity index (χ1v) is 6.46. The Bertz CT molecular complexity index is 250. The van der Waals surface area contributed by atoms with Gasteiger partial charge in [-0.05, 0) is 31.6 Å². The van der Waals surface area contributed by atoms with Crippen LogP contribution in [0.3, 0.4) is 0 Å². The van der Waals surface area contributed by atoms with E-state index in [1.165, 1.54) is 0 Å². The highest BCUT2D eigenvalue weighted by molar-refractivity contribution is 5.80. The van der Waals surface area contributed by atoms with Gasteiger partial charge in [0.2, 0.25) is 5.91 Å². The second-order valence-electron chi connectivity index (χ2n) is 4.99. The molecule has 2 aliphatic rings. The highest BCUT2D eigenvalue weighted by atomic mass is 16.5. The van der Waals surface area contributed by atoms with Crippen molar-refractivity contribution in [3.8, 4) is 0 Å². The van der Waals surface area contributed by atoms with Gasteiger partial charge in [-0.15, -0.1) is 0 Å². The van der Waals surface area contributed by atoms with Gasteiger partial charge in [0.25, 0.3) is 0 Å². The van der Waals surface area contributed by atoms with Crippen LogP contribution in [0.25, 0.3) is 0 Å². The van der Waals surface area contributed by atoms with Crippen LogP contribution in [0.15, 0.2) is 0 Å². The van der Waals surface area contributed by atoms with Gasteiger partial charge in [0.15, 0.2) is 0 Å². The van der Waals surface area contributed by atoms with Crippen molar-refractivity contribution in [2.24, 2.45) is 11.7 Å². The molecule has 1 atom stereocenters. The Morgan fingerprint density at radius 2 is 2.06 bits per heavy atom. The summed E-state index contributed by atoms with van der Waals surface area (Å²) in [6.45, 7) is 2.75. The smallest absolute Gasteiger partial charge is 0.236 e. The zero-order chi connectivity index (χ0) is 12.1. The quantitative estimate of drug-likeness (QED) is 0.661. The number of amides is 1. The predicted octanol–water partition coefficient (Wildman–Crippen LogP) is 0.0355. The summed E-state index contributed by atoms with van der Waals surface area (Å²) in [5.74, 6) is 0.252. The molecule has 3 N–H and O–H groups in total. The van der Waals surface area contributed by atoms with Crippen LogP contribution in [0.5, 0.6) is 0 Å². The van der Waals surface area contributed by atoms with Gasteiger partial charge in [0, 0.05) is 25.9 Å². The van der Waals surface area contributed by atoms with Crippen LogP contribution >= 0.6 is 0 Å². The number of carbonyl (C=O) groups is 1. The van der Waals surface area contributed by atoms with Crippen molar-refractivity contribution >= 4 is 5.91 Å². The van der Waals surface area contributed by atoms with E-state index >= 15 is 0 Å². The third kappa shape index (κ3) is 4.61. The lowest BCUT2D eigenvalue weighted by molar-refractivity contribution is -0.121. The first kappa shape index (κ1) is 12.8. The maximum atomic E-state index is 11.2. The molecule has 1 unspecified atom stereocenters. The van der Waals surface area contributed by atoms with Crippen molar-refractivity contribution in [1.82, 2.24) is 5.32 Å². The monoisotopic (exact) mass is 242 g/mol. The number of rotatable bonds is 7. The topological polar surface area (TPSA) is 73.6 Å². The van der Waals surface area contributed by atoms with Crippen LogP contribution in [0.1, 0.15) is 25.7 Å². The summed E-state index contributed by atoms with van der Waals surface area (Å²) >= 11 is 0. The Hall–Kier alpha value is -0.650. The van der Waals surface area contributed by atoms with Crippen molar-refractivity contribution in [2.45, 2.75) is 37.8 Å². The molecule has 2 rings (SSSR count). The molecule has 1 heterocycles. The van der Waals surface area contributed by atoms with Crippen LogP contribution in [0.2, 0.25) is 0 Å². The van der Waals surface area contributed by atoms with Gasteiger partial charge in [-0.25, -0.2) is 0 Å². The molecule has 2 fully saturated rings. The van der Waals surface area contributed by atoms with E-state index in [2.05, 4.69) is 5.32 Å². The summed E-state index contributed by atoms with van der Waals surface area (Å²) in [4.78, 5) is 11.2. The molecular weight excluding hydrogens is 220 g/mol. The van der Waals surface area contributed by atoms with E-state index in [0.29, 0.717) is 25.2 Å². The van der Waals surface area contributed by atoms with Crippen LogP contribution in [-0.2, 0) is 14.3 Å². The summed E-state index contributed by atoms with van der Waals surface area (Å²) in [7, 11) is 0. The number of primary amides is 1. The zero-order valence-electron chi connectivity index (χ0n) is 10.2. The maximum absolute atomic E-state index is 11.2. The summed E-state index contributed by atoms with van der Waals surface area (Å²) in [5, 5.41) is 3.20. The average molecular weight is 242 g/mol. The number of carbonyl (C=O) groups excluding carboxylic acids is 1. The van der Waals surface area contributed by atoms with Crippen molar-refractivity contribution in [3.05, 3.63) is 0 Å². The second-order valence-corrected chi connectivity index (χ2v) is 4.99. The summed E-state index contributed by atoms with van der Waals surface area (Å²) in [6.07, 6.45) is 4.39. The standard InChI is InChI=1S/C12H22N2O3/c13-12(15)11(14-10-1-2-10)8-17-7-9-3-5-16-6-4-9/h9-11,14H,1-8H2,(H2,13,15). The maximum Gasteiger partial charge on any atom is 0.236 e. The molecule has 17 heavy (non-hydrogen) atoms.